The number of nitrogens with zero attached hydrogens (tertiary/aromatic N) is 5. The highest BCUT2D eigenvalue weighted by molar-refractivity contribution is 7.21. The minimum Gasteiger partial charge on any atom is -0.491 e. The van der Waals surface area contributed by atoms with Gasteiger partial charge in [0.15, 0.2) is 5.13 Å². The third kappa shape index (κ3) is 3.97. The van der Waals surface area contributed by atoms with Crippen LogP contribution in [0.5, 0.6) is 5.75 Å². The lowest BCUT2D eigenvalue weighted by molar-refractivity contribution is -0.137. The summed E-state index contributed by atoms with van der Waals surface area (Å²) in [7, 11) is 0. The Morgan fingerprint density at radius 3 is 2.64 bits per heavy atom. The predicted octanol–water partition coefficient (Wildman–Crippen LogP) is 4.04. The number of nitrogen functional groups attached to an aromatic ring is 2. The zero-order chi connectivity index (χ0) is 23.3. The largest absolute Gasteiger partial charge is 0.491 e. The molecule has 0 radical (unpaired) electrons. The molecule has 4 aromatic rings. The molecule has 0 fully saturated rings. The normalized spacial score (nSPS) is 14.1. The lowest BCUT2D eigenvalue weighted by Gasteiger charge is -2.21. The number of aromatic nitrogens is 4. The number of benzene rings is 1. The SMILES string of the molecule is Cc1cc(-c2cnc3sc(N)nc3c2)cc2c1OCCN(c1ncc(C(F)(F)F)c(N)n1)C2. The molecule has 0 amide bonds. The van der Waals surface area contributed by atoms with Crippen molar-refractivity contribution in [3.63, 3.8) is 0 Å². The van der Waals surface area contributed by atoms with Crippen LogP contribution in [0.2, 0.25) is 0 Å². The molecular formula is C21H18F3N7OS. The molecule has 4 heterocycles. The van der Waals surface area contributed by atoms with E-state index in [1.165, 1.54) is 11.3 Å². The van der Waals surface area contributed by atoms with E-state index in [4.69, 9.17) is 16.2 Å². The predicted molar refractivity (Wildman–Crippen MR) is 120 cm³/mol. The molecule has 1 aliphatic rings. The molecule has 1 aromatic carbocycles. The van der Waals surface area contributed by atoms with Gasteiger partial charge in [-0.15, -0.1) is 0 Å². The first-order valence-corrected chi connectivity index (χ1v) is 10.7. The molecule has 4 N–H and O–H groups in total. The maximum Gasteiger partial charge on any atom is 0.421 e. The average Bonchev–Trinajstić information content (AvgIpc) is 2.97. The van der Waals surface area contributed by atoms with Gasteiger partial charge in [-0.05, 0) is 36.2 Å². The Morgan fingerprint density at radius 1 is 1.06 bits per heavy atom. The van der Waals surface area contributed by atoms with Crippen molar-refractivity contribution in [3.8, 4) is 16.9 Å². The maximum atomic E-state index is 13.0. The molecule has 1 aliphatic heterocycles. The molecule has 0 unspecified atom stereocenters. The molecule has 0 saturated carbocycles. The Kier molecular flexibility index (Phi) is 4.96. The van der Waals surface area contributed by atoms with Gasteiger partial charge in [0.25, 0.3) is 0 Å². The zero-order valence-corrected chi connectivity index (χ0v) is 18.2. The number of aryl methyl sites for hydroxylation is 1. The number of thiazole rings is 1. The van der Waals surface area contributed by atoms with Crippen molar-refractivity contribution < 1.29 is 17.9 Å². The fraction of sp³-hybridized carbons (Fsp3) is 0.238. The number of hydrogen-bond acceptors (Lipinski definition) is 9. The van der Waals surface area contributed by atoms with Gasteiger partial charge in [0.1, 0.15) is 34.1 Å². The Morgan fingerprint density at radius 2 is 1.88 bits per heavy atom. The van der Waals surface area contributed by atoms with Crippen molar-refractivity contribution in [2.75, 3.05) is 29.5 Å². The summed E-state index contributed by atoms with van der Waals surface area (Å²) < 4.78 is 45.0. The van der Waals surface area contributed by atoms with Crippen LogP contribution in [0.15, 0.2) is 30.6 Å². The third-order valence-electron chi connectivity index (χ3n) is 5.31. The van der Waals surface area contributed by atoms with Crippen molar-refractivity contribution in [1.29, 1.82) is 0 Å². The van der Waals surface area contributed by atoms with Gasteiger partial charge in [-0.2, -0.15) is 18.2 Å². The van der Waals surface area contributed by atoms with Crippen LogP contribution in [0, 0.1) is 6.92 Å². The van der Waals surface area contributed by atoms with E-state index in [1.807, 2.05) is 25.1 Å². The Labute approximate surface area is 190 Å². The van der Waals surface area contributed by atoms with Gasteiger partial charge < -0.3 is 21.1 Å². The van der Waals surface area contributed by atoms with Crippen LogP contribution in [-0.4, -0.2) is 33.1 Å². The standard InChI is InChI=1S/C21H18F3N7OS/c1-10-4-11(12-6-15-18(27-7-12)33-19(26)29-15)5-13-9-31(2-3-32-16(10)13)20-28-8-14(17(25)30-20)21(22,23)24/h4-8H,2-3,9H2,1H3,(H2,26,29)(H2,25,28,30). The van der Waals surface area contributed by atoms with E-state index >= 15 is 0 Å². The van der Waals surface area contributed by atoms with Crippen LogP contribution in [0.4, 0.5) is 30.1 Å². The molecule has 0 spiro atoms. The number of anilines is 3. The molecular weight excluding hydrogens is 455 g/mol. The fourth-order valence-electron chi connectivity index (χ4n) is 3.80. The van der Waals surface area contributed by atoms with Gasteiger partial charge in [0.2, 0.25) is 5.95 Å². The summed E-state index contributed by atoms with van der Waals surface area (Å²) in [5.41, 5.74) is 14.6. The van der Waals surface area contributed by atoms with Crippen molar-refractivity contribution >= 4 is 38.6 Å². The minimum atomic E-state index is -4.61. The summed E-state index contributed by atoms with van der Waals surface area (Å²) in [6, 6.07) is 5.89. The monoisotopic (exact) mass is 473 g/mol. The van der Waals surface area contributed by atoms with E-state index in [1.54, 1.807) is 11.1 Å². The minimum absolute atomic E-state index is 0.112. The van der Waals surface area contributed by atoms with Crippen LogP contribution in [-0.2, 0) is 12.7 Å². The van der Waals surface area contributed by atoms with Crippen molar-refractivity contribution in [1.82, 2.24) is 19.9 Å². The summed E-state index contributed by atoms with van der Waals surface area (Å²) in [6.45, 7) is 2.99. The Hall–Kier alpha value is -3.67. The molecule has 3 aromatic heterocycles. The smallest absolute Gasteiger partial charge is 0.421 e. The Bertz CT molecular complexity index is 1370. The van der Waals surface area contributed by atoms with Gasteiger partial charge in [0, 0.05) is 30.1 Å². The molecule has 0 aliphatic carbocycles. The number of pyridine rings is 1. The zero-order valence-electron chi connectivity index (χ0n) is 17.3. The summed E-state index contributed by atoms with van der Waals surface area (Å²) in [6.07, 6.45) is -2.14. The highest BCUT2D eigenvalue weighted by Gasteiger charge is 2.35. The first kappa shape index (κ1) is 21.2. The van der Waals surface area contributed by atoms with Gasteiger partial charge in [0.05, 0.1) is 6.54 Å². The number of fused-ring (bicyclic) bond motifs is 2. The van der Waals surface area contributed by atoms with E-state index in [9.17, 15) is 13.2 Å². The van der Waals surface area contributed by atoms with Crippen molar-refractivity contribution in [2.24, 2.45) is 0 Å². The van der Waals surface area contributed by atoms with E-state index in [0.29, 0.717) is 36.5 Å². The summed E-state index contributed by atoms with van der Waals surface area (Å²) in [4.78, 5) is 19.1. The second-order valence-electron chi connectivity index (χ2n) is 7.62. The lowest BCUT2D eigenvalue weighted by atomic mass is 10.00. The molecule has 8 nitrogen and oxygen atoms in total. The van der Waals surface area contributed by atoms with Crippen LogP contribution >= 0.6 is 11.3 Å². The van der Waals surface area contributed by atoms with Crippen molar-refractivity contribution in [2.45, 2.75) is 19.6 Å². The number of halogens is 3. The van der Waals surface area contributed by atoms with Gasteiger partial charge in [-0.25, -0.2) is 15.0 Å². The quantitative estimate of drug-likeness (QED) is 0.448. The van der Waals surface area contributed by atoms with E-state index < -0.39 is 17.6 Å². The fourth-order valence-corrected chi connectivity index (χ4v) is 4.46. The molecule has 170 valence electrons. The van der Waals surface area contributed by atoms with Crippen molar-refractivity contribution in [3.05, 3.63) is 47.3 Å². The molecule has 12 heteroatoms. The van der Waals surface area contributed by atoms with Crippen LogP contribution in [0.1, 0.15) is 16.7 Å². The summed E-state index contributed by atoms with van der Waals surface area (Å²) >= 11 is 1.32. The summed E-state index contributed by atoms with van der Waals surface area (Å²) in [5.74, 6) is 0.235. The second kappa shape index (κ2) is 7.73. The topological polar surface area (TPSA) is 116 Å². The number of nitrogens with two attached hydrogens (primary N) is 2. The van der Waals surface area contributed by atoms with Gasteiger partial charge >= 0.3 is 6.18 Å². The van der Waals surface area contributed by atoms with Gasteiger partial charge in [-0.1, -0.05) is 11.3 Å². The number of ether oxygens (including phenoxy) is 1. The number of rotatable bonds is 2. The average molecular weight is 473 g/mol. The number of alkyl halides is 3. The van der Waals surface area contributed by atoms with E-state index in [0.717, 1.165) is 32.8 Å². The third-order valence-corrected chi connectivity index (χ3v) is 6.12. The van der Waals surface area contributed by atoms with Crippen LogP contribution < -0.4 is 21.1 Å². The second-order valence-corrected chi connectivity index (χ2v) is 8.63. The number of hydrogen-bond donors (Lipinski definition) is 2. The highest BCUT2D eigenvalue weighted by Crippen LogP contribution is 2.36. The lowest BCUT2D eigenvalue weighted by Crippen LogP contribution is -2.28. The van der Waals surface area contributed by atoms with Gasteiger partial charge in [-0.3, -0.25) is 0 Å². The Balaban J connectivity index is 1.51. The van der Waals surface area contributed by atoms with E-state index in [2.05, 4.69) is 19.9 Å². The highest BCUT2D eigenvalue weighted by atomic mass is 32.1. The summed E-state index contributed by atoms with van der Waals surface area (Å²) in [5, 5.41) is 0.451. The molecule has 0 bridgehead atoms. The first-order chi connectivity index (χ1) is 15.7. The molecule has 33 heavy (non-hydrogen) atoms. The van der Waals surface area contributed by atoms with Crippen LogP contribution in [0.25, 0.3) is 21.5 Å². The van der Waals surface area contributed by atoms with E-state index in [-0.39, 0.29) is 5.95 Å². The molecule has 0 atom stereocenters. The van der Waals surface area contributed by atoms with Crippen LogP contribution in [0.3, 0.4) is 0 Å². The molecule has 0 saturated heterocycles. The maximum absolute atomic E-state index is 13.0. The first-order valence-electron chi connectivity index (χ1n) is 9.92. The molecule has 5 rings (SSSR count).